The Bertz CT molecular complexity index is 971. The summed E-state index contributed by atoms with van der Waals surface area (Å²) < 4.78 is 11.4. The number of hydrogen-bond donors (Lipinski definition) is 1. The predicted octanol–water partition coefficient (Wildman–Crippen LogP) is 2.67. The number of hydrogen-bond acceptors (Lipinski definition) is 9. The second-order valence-corrected chi connectivity index (χ2v) is 10.2. The number of carbonyl (C=O) groups is 2. The molecular weight excluding hydrogens is 462 g/mol. The average molecular weight is 492 g/mol. The van der Waals surface area contributed by atoms with Crippen molar-refractivity contribution < 1.29 is 19.1 Å². The summed E-state index contributed by atoms with van der Waals surface area (Å²) in [7, 11) is 3.13. The van der Waals surface area contributed by atoms with E-state index < -0.39 is 0 Å². The highest BCUT2D eigenvalue weighted by atomic mass is 32.2. The largest absolute Gasteiger partial charge is 0.493 e. The van der Waals surface area contributed by atoms with Gasteiger partial charge in [-0.05, 0) is 31.0 Å². The third-order valence-electron chi connectivity index (χ3n) is 5.91. The molecule has 0 atom stereocenters. The van der Waals surface area contributed by atoms with E-state index in [1.54, 1.807) is 32.4 Å². The molecule has 1 saturated carbocycles. The number of carbonyl (C=O) groups excluding carboxylic acids is 2. The number of nitrogens with one attached hydrogen (secondary N) is 1. The number of anilines is 1. The van der Waals surface area contributed by atoms with Crippen LogP contribution < -0.4 is 19.7 Å². The Morgan fingerprint density at radius 3 is 2.52 bits per heavy atom. The summed E-state index contributed by atoms with van der Waals surface area (Å²) in [6, 6.07) is 5.55. The number of rotatable bonds is 8. The van der Waals surface area contributed by atoms with Gasteiger partial charge in [-0.25, -0.2) is 0 Å². The zero-order valence-electron chi connectivity index (χ0n) is 18.9. The maximum atomic E-state index is 12.9. The lowest BCUT2D eigenvalue weighted by Crippen LogP contribution is -2.48. The van der Waals surface area contributed by atoms with Gasteiger partial charge in [-0.2, -0.15) is 0 Å². The Morgan fingerprint density at radius 1 is 1.09 bits per heavy atom. The third kappa shape index (κ3) is 5.89. The molecule has 4 rings (SSSR count). The minimum Gasteiger partial charge on any atom is -0.493 e. The van der Waals surface area contributed by atoms with Gasteiger partial charge in [0.15, 0.2) is 15.8 Å². The highest BCUT2D eigenvalue weighted by Crippen LogP contribution is 2.30. The van der Waals surface area contributed by atoms with Crippen LogP contribution in [0.4, 0.5) is 5.13 Å². The molecule has 2 fully saturated rings. The fourth-order valence-corrected chi connectivity index (χ4v) is 5.81. The lowest BCUT2D eigenvalue weighted by molar-refractivity contribution is -0.119. The van der Waals surface area contributed by atoms with Crippen LogP contribution in [0.25, 0.3) is 0 Å². The van der Waals surface area contributed by atoms with E-state index in [4.69, 9.17) is 9.47 Å². The summed E-state index contributed by atoms with van der Waals surface area (Å²) in [5.74, 6) is 1.53. The van der Waals surface area contributed by atoms with Crippen LogP contribution in [0.15, 0.2) is 22.5 Å². The Balaban J connectivity index is 1.26. The van der Waals surface area contributed by atoms with Gasteiger partial charge >= 0.3 is 0 Å². The highest BCUT2D eigenvalue weighted by molar-refractivity contribution is 8.01. The van der Waals surface area contributed by atoms with Crippen molar-refractivity contribution >= 4 is 40.0 Å². The Hall–Kier alpha value is -2.53. The summed E-state index contributed by atoms with van der Waals surface area (Å²) in [4.78, 5) is 29.0. The van der Waals surface area contributed by atoms with Crippen molar-refractivity contribution in [1.82, 2.24) is 20.4 Å². The molecule has 1 aromatic heterocycles. The van der Waals surface area contributed by atoms with E-state index in [9.17, 15) is 9.59 Å². The number of nitrogens with zero attached hydrogens (tertiary/aromatic N) is 4. The van der Waals surface area contributed by atoms with Gasteiger partial charge < -0.3 is 24.6 Å². The summed E-state index contributed by atoms with van der Waals surface area (Å²) in [5, 5.41) is 12.5. The summed E-state index contributed by atoms with van der Waals surface area (Å²) in [6.45, 7) is 2.55. The molecule has 11 heteroatoms. The fourth-order valence-electron chi connectivity index (χ4n) is 4.11. The van der Waals surface area contributed by atoms with E-state index in [2.05, 4.69) is 20.4 Å². The summed E-state index contributed by atoms with van der Waals surface area (Å²) in [5.41, 5.74) is 0.576. The topological polar surface area (TPSA) is 96.9 Å². The van der Waals surface area contributed by atoms with Gasteiger partial charge in [0.25, 0.3) is 5.91 Å². The lowest BCUT2D eigenvalue weighted by Gasteiger charge is -2.34. The molecule has 0 unspecified atom stereocenters. The zero-order valence-corrected chi connectivity index (χ0v) is 20.5. The second-order valence-electron chi connectivity index (χ2n) is 8.04. The quantitative estimate of drug-likeness (QED) is 0.563. The molecule has 2 amide bonds. The molecule has 1 N–H and O–H groups in total. The number of piperazine rings is 1. The number of thioether (sulfide) groups is 1. The highest BCUT2D eigenvalue weighted by Gasteiger charge is 2.25. The van der Waals surface area contributed by atoms with Crippen molar-refractivity contribution in [2.24, 2.45) is 0 Å². The average Bonchev–Trinajstić information content (AvgIpc) is 3.54. The number of benzene rings is 1. The summed E-state index contributed by atoms with van der Waals surface area (Å²) >= 11 is 2.92. The van der Waals surface area contributed by atoms with Gasteiger partial charge in [0.2, 0.25) is 11.0 Å². The molecule has 2 aromatic rings. The molecule has 2 aliphatic rings. The maximum Gasteiger partial charge on any atom is 0.254 e. The molecule has 1 aliphatic heterocycles. The van der Waals surface area contributed by atoms with Crippen LogP contribution in [0.1, 0.15) is 36.0 Å². The number of amides is 2. The molecule has 1 aliphatic carbocycles. The van der Waals surface area contributed by atoms with Crippen LogP contribution in [0.3, 0.4) is 0 Å². The van der Waals surface area contributed by atoms with Crippen molar-refractivity contribution in [2.45, 2.75) is 36.1 Å². The molecule has 2 heterocycles. The number of ether oxygens (including phenoxy) is 2. The van der Waals surface area contributed by atoms with E-state index in [1.807, 2.05) is 4.90 Å². The van der Waals surface area contributed by atoms with Gasteiger partial charge in [-0.3, -0.25) is 9.59 Å². The van der Waals surface area contributed by atoms with Crippen molar-refractivity contribution in [3.8, 4) is 11.5 Å². The van der Waals surface area contributed by atoms with Crippen LogP contribution in [0.5, 0.6) is 11.5 Å². The first kappa shape index (κ1) is 23.6. The molecule has 0 spiro atoms. The molecule has 33 heavy (non-hydrogen) atoms. The standard InChI is InChI=1S/C22H29N5O4S2/c1-30-17-8-7-15(13-18(17)31-2)20(29)26-9-11-27(12-10-26)21-24-25-22(33-21)32-14-19(28)23-16-5-3-4-6-16/h7-8,13,16H,3-6,9-12,14H2,1-2H3,(H,23,28). The number of methoxy groups -OCH3 is 2. The van der Waals surface area contributed by atoms with E-state index in [0.29, 0.717) is 55.0 Å². The second kappa shape index (κ2) is 11.1. The Labute approximate surface area is 201 Å². The molecule has 0 radical (unpaired) electrons. The van der Waals surface area contributed by atoms with Gasteiger partial charge in [-0.1, -0.05) is 35.9 Å². The van der Waals surface area contributed by atoms with Crippen molar-refractivity contribution in [3.05, 3.63) is 23.8 Å². The van der Waals surface area contributed by atoms with Crippen LogP contribution in [-0.4, -0.2) is 79.1 Å². The monoisotopic (exact) mass is 491 g/mol. The Kier molecular flexibility index (Phi) is 7.92. The van der Waals surface area contributed by atoms with E-state index in [-0.39, 0.29) is 11.8 Å². The van der Waals surface area contributed by atoms with Gasteiger partial charge in [0, 0.05) is 37.8 Å². The molecule has 1 saturated heterocycles. The first-order chi connectivity index (χ1) is 16.1. The van der Waals surface area contributed by atoms with Crippen LogP contribution in [0, 0.1) is 0 Å². The maximum absolute atomic E-state index is 12.9. The van der Waals surface area contributed by atoms with Crippen molar-refractivity contribution in [1.29, 1.82) is 0 Å². The van der Waals surface area contributed by atoms with E-state index in [1.165, 1.54) is 35.9 Å². The molecule has 0 bridgehead atoms. The zero-order chi connectivity index (χ0) is 23.2. The van der Waals surface area contributed by atoms with E-state index >= 15 is 0 Å². The third-order valence-corrected chi connectivity index (χ3v) is 8.03. The van der Waals surface area contributed by atoms with Crippen LogP contribution in [0.2, 0.25) is 0 Å². The fraction of sp³-hybridized carbons (Fsp3) is 0.545. The Morgan fingerprint density at radius 2 is 1.82 bits per heavy atom. The van der Waals surface area contributed by atoms with E-state index in [0.717, 1.165) is 22.3 Å². The molecular formula is C22H29N5O4S2. The predicted molar refractivity (Wildman–Crippen MR) is 129 cm³/mol. The normalized spacial score (nSPS) is 16.7. The van der Waals surface area contributed by atoms with Gasteiger partial charge in [0.1, 0.15) is 0 Å². The van der Waals surface area contributed by atoms with Crippen LogP contribution in [-0.2, 0) is 4.79 Å². The van der Waals surface area contributed by atoms with Gasteiger partial charge in [-0.15, -0.1) is 10.2 Å². The minimum atomic E-state index is -0.0302. The minimum absolute atomic E-state index is 0.0302. The molecule has 178 valence electrons. The lowest BCUT2D eigenvalue weighted by atomic mass is 10.1. The first-order valence-electron chi connectivity index (χ1n) is 11.1. The van der Waals surface area contributed by atoms with Gasteiger partial charge in [0.05, 0.1) is 20.0 Å². The van der Waals surface area contributed by atoms with Crippen LogP contribution >= 0.6 is 23.1 Å². The number of aromatic nitrogens is 2. The molecule has 9 nitrogen and oxygen atoms in total. The first-order valence-corrected chi connectivity index (χ1v) is 12.9. The molecule has 1 aromatic carbocycles. The summed E-state index contributed by atoms with van der Waals surface area (Å²) in [6.07, 6.45) is 4.57. The smallest absolute Gasteiger partial charge is 0.254 e. The van der Waals surface area contributed by atoms with Crippen molar-refractivity contribution in [2.75, 3.05) is 51.1 Å². The SMILES string of the molecule is COc1ccc(C(=O)N2CCN(c3nnc(SCC(=O)NC4CCCC4)s3)CC2)cc1OC. The van der Waals surface area contributed by atoms with Crippen molar-refractivity contribution in [3.63, 3.8) is 0 Å².